The Bertz CT molecular complexity index is 614. The average Bonchev–Trinajstić information content (AvgIpc) is 2.36. The van der Waals surface area contributed by atoms with Gasteiger partial charge in [0.25, 0.3) is 0 Å². The third-order valence-corrected chi connectivity index (χ3v) is 4.17. The molecule has 2 amide bonds. The van der Waals surface area contributed by atoms with Gasteiger partial charge >= 0.3 is 6.03 Å². The first-order valence-electron chi connectivity index (χ1n) is 5.65. The molecular weight excluding hydrogens is 466 g/mol. The van der Waals surface area contributed by atoms with E-state index in [0.717, 1.165) is 24.1 Å². The molecule has 0 unspecified atom stereocenters. The molecule has 2 rings (SSSR count). The minimum atomic E-state index is -0.228. The molecule has 3 nitrogen and oxygen atoms in total. The fourth-order valence-electron chi connectivity index (χ4n) is 1.61. The molecule has 0 saturated heterocycles. The molecule has 2 aromatic rings. The van der Waals surface area contributed by atoms with Crippen molar-refractivity contribution in [3.8, 4) is 0 Å². The van der Waals surface area contributed by atoms with Crippen LogP contribution in [-0.2, 0) is 0 Å². The van der Waals surface area contributed by atoms with Crippen LogP contribution in [-0.4, -0.2) is 6.03 Å². The summed E-state index contributed by atoms with van der Waals surface area (Å²) in [5, 5.41) is 5.70. The number of halogens is 2. The lowest BCUT2D eigenvalue weighted by molar-refractivity contribution is 0.262. The largest absolute Gasteiger partial charge is 0.323 e. The summed E-state index contributed by atoms with van der Waals surface area (Å²) in [6.45, 7) is 1.98. The normalized spacial score (nSPS) is 10.1. The van der Waals surface area contributed by atoms with E-state index >= 15 is 0 Å². The number of para-hydroxylation sites is 1. The summed E-state index contributed by atoms with van der Waals surface area (Å²) in [6, 6.07) is 13.3. The van der Waals surface area contributed by atoms with Gasteiger partial charge in [-0.15, -0.1) is 0 Å². The second kappa shape index (κ2) is 6.56. The Kier molecular flexibility index (Phi) is 5.03. The molecule has 0 heterocycles. The third kappa shape index (κ3) is 4.07. The van der Waals surface area contributed by atoms with Crippen LogP contribution in [0.4, 0.5) is 16.2 Å². The summed E-state index contributed by atoms with van der Waals surface area (Å²) in [4.78, 5) is 11.9. The van der Waals surface area contributed by atoms with Crippen molar-refractivity contribution < 1.29 is 4.79 Å². The monoisotopic (exact) mass is 478 g/mol. The molecule has 0 aliphatic heterocycles. The number of anilines is 2. The second-order valence-corrected chi connectivity index (χ2v) is 6.43. The molecule has 0 spiro atoms. The van der Waals surface area contributed by atoms with E-state index in [9.17, 15) is 4.79 Å². The van der Waals surface area contributed by atoms with Gasteiger partial charge in [-0.25, -0.2) is 4.79 Å². The molecule has 0 bridgehead atoms. The molecule has 2 aromatic carbocycles. The van der Waals surface area contributed by atoms with Crippen LogP contribution in [0.5, 0.6) is 0 Å². The van der Waals surface area contributed by atoms with Crippen molar-refractivity contribution in [2.45, 2.75) is 6.92 Å². The predicted molar refractivity (Wildman–Crippen MR) is 95.7 cm³/mol. The van der Waals surface area contributed by atoms with Crippen LogP contribution in [0.2, 0.25) is 0 Å². The van der Waals surface area contributed by atoms with Crippen LogP contribution in [0.25, 0.3) is 0 Å². The van der Waals surface area contributed by atoms with Crippen LogP contribution in [0, 0.1) is 14.1 Å². The highest BCUT2D eigenvalue weighted by atomic mass is 127. The standard InChI is InChI=1S/C14H12I2N2O/c1-9-8-10(15)6-7-12(9)17-14(19)18-13-5-3-2-4-11(13)16/h2-8H,1H3,(H2,17,18,19). The number of amides is 2. The average molecular weight is 478 g/mol. The molecule has 0 fully saturated rings. The van der Waals surface area contributed by atoms with Gasteiger partial charge in [-0.1, -0.05) is 12.1 Å². The summed E-state index contributed by atoms with van der Waals surface area (Å²) in [5.41, 5.74) is 2.68. The van der Waals surface area contributed by atoms with E-state index < -0.39 is 0 Å². The molecule has 0 aliphatic carbocycles. The van der Waals surface area contributed by atoms with Crippen molar-refractivity contribution in [2.75, 3.05) is 10.6 Å². The van der Waals surface area contributed by atoms with Crippen molar-refractivity contribution in [1.82, 2.24) is 0 Å². The molecule has 2 N–H and O–H groups in total. The van der Waals surface area contributed by atoms with Gasteiger partial charge in [0.1, 0.15) is 0 Å². The van der Waals surface area contributed by atoms with Crippen LogP contribution in [0.15, 0.2) is 42.5 Å². The lowest BCUT2D eigenvalue weighted by atomic mass is 10.2. The van der Waals surface area contributed by atoms with E-state index in [-0.39, 0.29) is 6.03 Å². The molecule has 0 aromatic heterocycles. The summed E-state index contributed by atoms with van der Waals surface area (Å²) in [5.74, 6) is 0. The van der Waals surface area contributed by atoms with Gasteiger partial charge in [0, 0.05) is 12.8 Å². The smallest absolute Gasteiger partial charge is 0.307 e. The van der Waals surface area contributed by atoms with Gasteiger partial charge in [0.05, 0.1) is 5.69 Å². The number of aryl methyl sites for hydroxylation is 1. The number of rotatable bonds is 2. The van der Waals surface area contributed by atoms with Crippen molar-refractivity contribution in [3.63, 3.8) is 0 Å². The van der Waals surface area contributed by atoms with E-state index in [1.54, 1.807) is 0 Å². The fraction of sp³-hybridized carbons (Fsp3) is 0.0714. The van der Waals surface area contributed by atoms with Gasteiger partial charge < -0.3 is 10.6 Å². The van der Waals surface area contributed by atoms with Crippen molar-refractivity contribution in [1.29, 1.82) is 0 Å². The van der Waals surface area contributed by atoms with Gasteiger partial charge in [-0.3, -0.25) is 0 Å². The Balaban J connectivity index is 2.08. The zero-order chi connectivity index (χ0) is 13.8. The van der Waals surface area contributed by atoms with E-state index in [0.29, 0.717) is 0 Å². The van der Waals surface area contributed by atoms with Crippen molar-refractivity contribution in [2.24, 2.45) is 0 Å². The topological polar surface area (TPSA) is 41.1 Å². The number of benzene rings is 2. The fourth-order valence-corrected chi connectivity index (χ4v) is 2.77. The Morgan fingerprint density at radius 3 is 2.37 bits per heavy atom. The Hall–Kier alpha value is -0.830. The van der Waals surface area contributed by atoms with Crippen molar-refractivity contribution >= 4 is 62.6 Å². The molecule has 98 valence electrons. The summed E-state index contributed by atoms with van der Waals surface area (Å²) in [7, 11) is 0. The minimum absolute atomic E-state index is 0.228. The van der Waals surface area contributed by atoms with Gasteiger partial charge in [0.15, 0.2) is 0 Å². The number of urea groups is 1. The number of carbonyl (C=O) groups is 1. The highest BCUT2D eigenvalue weighted by Crippen LogP contribution is 2.20. The first-order valence-corrected chi connectivity index (χ1v) is 7.80. The third-order valence-electron chi connectivity index (χ3n) is 2.56. The Labute approximate surface area is 139 Å². The van der Waals surface area contributed by atoms with Gasteiger partial charge in [-0.05, 0) is 88.0 Å². The number of nitrogens with one attached hydrogen (secondary N) is 2. The number of hydrogen-bond donors (Lipinski definition) is 2. The Morgan fingerprint density at radius 1 is 1.00 bits per heavy atom. The highest BCUT2D eigenvalue weighted by molar-refractivity contribution is 14.1. The highest BCUT2D eigenvalue weighted by Gasteiger charge is 2.06. The molecule has 0 aliphatic rings. The summed E-state index contributed by atoms with van der Waals surface area (Å²) in [6.07, 6.45) is 0. The number of hydrogen-bond acceptors (Lipinski definition) is 1. The maximum absolute atomic E-state index is 11.9. The molecule has 0 radical (unpaired) electrons. The zero-order valence-corrected chi connectivity index (χ0v) is 14.5. The lowest BCUT2D eigenvalue weighted by Gasteiger charge is -2.11. The first kappa shape index (κ1) is 14.6. The van der Waals surface area contributed by atoms with Gasteiger partial charge in [-0.2, -0.15) is 0 Å². The van der Waals surface area contributed by atoms with E-state index in [2.05, 4.69) is 55.8 Å². The van der Waals surface area contributed by atoms with Crippen molar-refractivity contribution in [3.05, 3.63) is 55.2 Å². The van der Waals surface area contributed by atoms with E-state index in [1.807, 2.05) is 49.4 Å². The van der Waals surface area contributed by atoms with Crippen LogP contribution >= 0.6 is 45.2 Å². The summed E-state index contributed by atoms with van der Waals surface area (Å²) < 4.78 is 2.16. The SMILES string of the molecule is Cc1cc(I)ccc1NC(=O)Nc1ccccc1I. The minimum Gasteiger partial charge on any atom is -0.307 e. The first-order chi connectivity index (χ1) is 9.06. The number of carbonyl (C=O) groups excluding carboxylic acids is 1. The maximum Gasteiger partial charge on any atom is 0.323 e. The second-order valence-electron chi connectivity index (χ2n) is 4.02. The lowest BCUT2D eigenvalue weighted by Crippen LogP contribution is -2.20. The molecule has 19 heavy (non-hydrogen) atoms. The summed E-state index contributed by atoms with van der Waals surface area (Å²) >= 11 is 4.44. The Morgan fingerprint density at radius 2 is 1.68 bits per heavy atom. The van der Waals surface area contributed by atoms with E-state index in [4.69, 9.17) is 0 Å². The predicted octanol–water partition coefficient (Wildman–Crippen LogP) is 4.85. The molecule has 0 atom stereocenters. The van der Waals surface area contributed by atoms with Crippen LogP contribution in [0.3, 0.4) is 0 Å². The van der Waals surface area contributed by atoms with Crippen LogP contribution in [0.1, 0.15) is 5.56 Å². The van der Waals surface area contributed by atoms with Crippen LogP contribution < -0.4 is 10.6 Å². The van der Waals surface area contributed by atoms with E-state index in [1.165, 1.54) is 0 Å². The quantitative estimate of drug-likeness (QED) is 0.596. The zero-order valence-electron chi connectivity index (χ0n) is 10.2. The molecule has 5 heteroatoms. The molecular formula is C14H12I2N2O. The maximum atomic E-state index is 11.9. The van der Waals surface area contributed by atoms with Gasteiger partial charge in [0.2, 0.25) is 0 Å². The molecule has 0 saturated carbocycles.